The zero-order chi connectivity index (χ0) is 13.1. The minimum Gasteiger partial charge on any atom is -0.298 e. The van der Waals surface area contributed by atoms with Crippen molar-refractivity contribution in [3.8, 4) is 6.07 Å². The molecule has 0 bridgehead atoms. The highest BCUT2D eigenvalue weighted by Gasteiger charge is 2.32. The molecule has 0 spiro atoms. The van der Waals surface area contributed by atoms with Crippen LogP contribution in [0.25, 0.3) is 0 Å². The zero-order valence-electron chi connectivity index (χ0n) is 12.0. The summed E-state index contributed by atoms with van der Waals surface area (Å²) in [5.74, 6) is 0.874. The number of nitrogens with zero attached hydrogens (tertiary/aromatic N) is 2. The van der Waals surface area contributed by atoms with Gasteiger partial charge in [-0.2, -0.15) is 5.26 Å². The summed E-state index contributed by atoms with van der Waals surface area (Å²) in [5, 5.41) is 12.8. The molecule has 17 heavy (non-hydrogen) atoms. The van der Waals surface area contributed by atoms with Gasteiger partial charge < -0.3 is 0 Å². The second-order valence-corrected chi connectivity index (χ2v) is 6.21. The van der Waals surface area contributed by atoms with Crippen molar-refractivity contribution >= 4 is 0 Å². The highest BCUT2D eigenvalue weighted by atomic mass is 15.2. The first-order valence-electron chi connectivity index (χ1n) is 6.79. The Balaban J connectivity index is 2.58. The van der Waals surface area contributed by atoms with E-state index >= 15 is 0 Å². The average molecular weight is 237 g/mol. The molecular formula is C14H27N3. The molecule has 1 aliphatic carbocycles. The molecule has 1 saturated carbocycles. The standard InChI is InChI=1S/C14H27N3/c1-11(2)16-14(5,9-15)10-17(12(3)4)8-13-6-7-13/h11-13,16H,6-8,10H2,1-5H3. The fourth-order valence-corrected chi connectivity index (χ4v) is 2.25. The molecule has 0 aliphatic heterocycles. The fraction of sp³-hybridized carbons (Fsp3) is 0.929. The van der Waals surface area contributed by atoms with Crippen molar-refractivity contribution in [2.24, 2.45) is 5.92 Å². The van der Waals surface area contributed by atoms with Gasteiger partial charge in [-0.05, 0) is 53.4 Å². The van der Waals surface area contributed by atoms with Gasteiger partial charge in [0.15, 0.2) is 0 Å². The van der Waals surface area contributed by atoms with E-state index in [-0.39, 0.29) is 0 Å². The summed E-state index contributed by atoms with van der Waals surface area (Å²) in [6.07, 6.45) is 2.73. The van der Waals surface area contributed by atoms with Gasteiger partial charge in [0.25, 0.3) is 0 Å². The lowest BCUT2D eigenvalue weighted by Gasteiger charge is -2.35. The maximum atomic E-state index is 9.38. The molecule has 0 amide bonds. The average Bonchev–Trinajstić information content (AvgIpc) is 2.99. The smallest absolute Gasteiger partial charge is 0.116 e. The van der Waals surface area contributed by atoms with Crippen LogP contribution in [0, 0.1) is 17.2 Å². The van der Waals surface area contributed by atoms with E-state index in [1.165, 1.54) is 12.8 Å². The van der Waals surface area contributed by atoms with Crippen molar-refractivity contribution in [3.05, 3.63) is 0 Å². The van der Waals surface area contributed by atoms with E-state index in [0.717, 1.165) is 19.0 Å². The molecule has 1 N–H and O–H groups in total. The molecule has 0 aromatic carbocycles. The van der Waals surface area contributed by atoms with E-state index in [2.05, 4.69) is 44.0 Å². The molecule has 3 nitrogen and oxygen atoms in total. The minimum atomic E-state index is -0.437. The van der Waals surface area contributed by atoms with Crippen molar-refractivity contribution in [3.63, 3.8) is 0 Å². The van der Waals surface area contributed by atoms with Crippen LogP contribution in [0.15, 0.2) is 0 Å². The monoisotopic (exact) mass is 237 g/mol. The van der Waals surface area contributed by atoms with Crippen LogP contribution >= 0.6 is 0 Å². The van der Waals surface area contributed by atoms with E-state index < -0.39 is 5.54 Å². The molecule has 0 aromatic heterocycles. The van der Waals surface area contributed by atoms with Gasteiger partial charge in [-0.1, -0.05) is 0 Å². The summed E-state index contributed by atoms with van der Waals surface area (Å²) >= 11 is 0. The van der Waals surface area contributed by atoms with Gasteiger partial charge in [-0.3, -0.25) is 10.2 Å². The van der Waals surface area contributed by atoms with Gasteiger partial charge in [0.2, 0.25) is 0 Å². The Bertz CT molecular complexity index is 276. The number of hydrogen-bond acceptors (Lipinski definition) is 3. The van der Waals surface area contributed by atoms with Gasteiger partial charge in [-0.25, -0.2) is 0 Å². The third kappa shape index (κ3) is 5.06. The highest BCUT2D eigenvalue weighted by molar-refractivity contribution is 5.07. The lowest BCUT2D eigenvalue weighted by atomic mass is 10.0. The topological polar surface area (TPSA) is 39.1 Å². The van der Waals surface area contributed by atoms with Gasteiger partial charge in [0.05, 0.1) is 6.07 Å². The lowest BCUT2D eigenvalue weighted by Crippen LogP contribution is -2.54. The Morgan fingerprint density at radius 3 is 2.29 bits per heavy atom. The SMILES string of the molecule is CC(C)NC(C)(C#N)CN(CC1CC1)C(C)C. The van der Waals surface area contributed by atoms with Crippen LogP contribution in [-0.2, 0) is 0 Å². The van der Waals surface area contributed by atoms with Crippen molar-refractivity contribution in [1.29, 1.82) is 5.26 Å². The number of nitrogens with one attached hydrogen (secondary N) is 1. The predicted molar refractivity (Wildman–Crippen MR) is 71.7 cm³/mol. The maximum Gasteiger partial charge on any atom is 0.116 e. The largest absolute Gasteiger partial charge is 0.298 e. The fourth-order valence-electron chi connectivity index (χ4n) is 2.25. The first kappa shape index (κ1) is 14.5. The quantitative estimate of drug-likeness (QED) is 0.739. The Kier molecular flexibility index (Phi) is 4.97. The second kappa shape index (κ2) is 5.84. The van der Waals surface area contributed by atoms with E-state index in [1.807, 2.05) is 6.92 Å². The summed E-state index contributed by atoms with van der Waals surface area (Å²) < 4.78 is 0. The zero-order valence-corrected chi connectivity index (χ0v) is 12.0. The van der Waals surface area contributed by atoms with E-state index in [0.29, 0.717) is 12.1 Å². The first-order chi connectivity index (χ1) is 7.86. The molecule has 1 aliphatic rings. The molecule has 0 radical (unpaired) electrons. The normalized spacial score (nSPS) is 19.7. The number of nitriles is 1. The van der Waals surface area contributed by atoms with Crippen LogP contribution in [0.5, 0.6) is 0 Å². The number of rotatable bonds is 7. The van der Waals surface area contributed by atoms with Gasteiger partial charge in [0.1, 0.15) is 5.54 Å². The lowest BCUT2D eigenvalue weighted by molar-refractivity contribution is 0.168. The molecule has 0 heterocycles. The van der Waals surface area contributed by atoms with Crippen LogP contribution in [0.3, 0.4) is 0 Å². The van der Waals surface area contributed by atoms with Crippen LogP contribution in [0.4, 0.5) is 0 Å². The first-order valence-corrected chi connectivity index (χ1v) is 6.79. The third-order valence-corrected chi connectivity index (χ3v) is 3.29. The van der Waals surface area contributed by atoms with E-state index in [4.69, 9.17) is 0 Å². The van der Waals surface area contributed by atoms with Crippen LogP contribution in [-0.4, -0.2) is 35.6 Å². The minimum absolute atomic E-state index is 0.342. The molecule has 0 aromatic rings. The highest BCUT2D eigenvalue weighted by Crippen LogP contribution is 2.30. The summed E-state index contributed by atoms with van der Waals surface area (Å²) in [5.41, 5.74) is -0.437. The van der Waals surface area contributed by atoms with Gasteiger partial charge >= 0.3 is 0 Å². The predicted octanol–water partition coefficient (Wildman–Crippen LogP) is 2.39. The van der Waals surface area contributed by atoms with Crippen molar-refractivity contribution < 1.29 is 0 Å². The summed E-state index contributed by atoms with van der Waals surface area (Å²) in [6.45, 7) is 12.6. The molecule has 1 unspecified atom stereocenters. The van der Waals surface area contributed by atoms with Crippen molar-refractivity contribution in [1.82, 2.24) is 10.2 Å². The van der Waals surface area contributed by atoms with E-state index in [9.17, 15) is 5.26 Å². The van der Waals surface area contributed by atoms with Gasteiger partial charge in [-0.15, -0.1) is 0 Å². The summed E-state index contributed by atoms with van der Waals surface area (Å²) in [7, 11) is 0. The molecule has 1 fully saturated rings. The Labute approximate surface area is 106 Å². The Morgan fingerprint density at radius 2 is 1.94 bits per heavy atom. The Morgan fingerprint density at radius 1 is 1.35 bits per heavy atom. The Hall–Kier alpha value is -0.590. The molecule has 98 valence electrons. The summed E-state index contributed by atoms with van der Waals surface area (Å²) in [6, 6.07) is 3.29. The maximum absolute atomic E-state index is 9.38. The van der Waals surface area contributed by atoms with Crippen LogP contribution in [0.1, 0.15) is 47.5 Å². The number of hydrogen-bond donors (Lipinski definition) is 1. The van der Waals surface area contributed by atoms with Gasteiger partial charge in [0, 0.05) is 25.2 Å². The molecule has 1 atom stereocenters. The summed E-state index contributed by atoms with van der Waals surface area (Å²) in [4.78, 5) is 2.44. The van der Waals surface area contributed by atoms with E-state index in [1.54, 1.807) is 0 Å². The van der Waals surface area contributed by atoms with Crippen molar-refractivity contribution in [2.45, 2.75) is 65.1 Å². The molecular weight excluding hydrogens is 210 g/mol. The molecule has 3 heteroatoms. The van der Waals surface area contributed by atoms with Crippen LogP contribution < -0.4 is 5.32 Å². The second-order valence-electron chi connectivity index (χ2n) is 6.21. The van der Waals surface area contributed by atoms with Crippen molar-refractivity contribution in [2.75, 3.05) is 13.1 Å². The van der Waals surface area contributed by atoms with Crippen LogP contribution in [0.2, 0.25) is 0 Å². The molecule has 0 saturated heterocycles. The third-order valence-electron chi connectivity index (χ3n) is 3.29. The molecule has 1 rings (SSSR count).